The second-order valence-electron chi connectivity index (χ2n) is 6.64. The molecule has 1 aliphatic rings. The van der Waals surface area contributed by atoms with Gasteiger partial charge in [-0.2, -0.15) is 0 Å². The van der Waals surface area contributed by atoms with Gasteiger partial charge in [0.25, 0.3) is 0 Å². The molecule has 1 aromatic carbocycles. The van der Waals surface area contributed by atoms with E-state index in [0.29, 0.717) is 17.9 Å². The topological polar surface area (TPSA) is 12.0 Å². The average molecular weight is 281 g/mol. The lowest BCUT2D eigenvalue weighted by molar-refractivity contribution is 0.269. The van der Waals surface area contributed by atoms with Crippen molar-refractivity contribution in [2.45, 2.75) is 46.0 Å². The standard InChI is InChI=1S/C17H25F2N/c1-13(2)11-20-12-17(7-3-4-8-17)10-14-9-15(18)5-6-16(14)19/h5-6,9,13,20H,3-4,7-8,10-12H2,1-2H3. The predicted octanol–water partition coefficient (Wildman–Crippen LogP) is 4.31. The summed E-state index contributed by atoms with van der Waals surface area (Å²) in [5.41, 5.74) is 0.627. The van der Waals surface area contributed by atoms with E-state index in [1.54, 1.807) is 0 Å². The van der Waals surface area contributed by atoms with Crippen molar-refractivity contribution in [3.63, 3.8) is 0 Å². The van der Waals surface area contributed by atoms with Crippen LogP contribution in [0.4, 0.5) is 8.78 Å². The molecule has 0 bridgehead atoms. The summed E-state index contributed by atoms with van der Waals surface area (Å²) in [5, 5.41) is 3.51. The molecule has 1 N–H and O–H groups in total. The molecule has 0 atom stereocenters. The molecule has 0 amide bonds. The van der Waals surface area contributed by atoms with Gasteiger partial charge in [-0.05, 0) is 60.9 Å². The highest BCUT2D eigenvalue weighted by Gasteiger charge is 2.34. The van der Waals surface area contributed by atoms with E-state index in [1.807, 2.05) is 0 Å². The van der Waals surface area contributed by atoms with E-state index in [0.717, 1.165) is 25.9 Å². The van der Waals surface area contributed by atoms with Crippen LogP contribution in [-0.4, -0.2) is 13.1 Å². The number of halogens is 2. The van der Waals surface area contributed by atoms with Crippen LogP contribution in [0.5, 0.6) is 0 Å². The summed E-state index contributed by atoms with van der Waals surface area (Å²) in [6, 6.07) is 3.80. The number of nitrogens with one attached hydrogen (secondary N) is 1. The Morgan fingerprint density at radius 2 is 1.90 bits per heavy atom. The molecular weight excluding hydrogens is 256 g/mol. The van der Waals surface area contributed by atoms with Gasteiger partial charge in [0.15, 0.2) is 0 Å². The maximum atomic E-state index is 13.9. The Hall–Kier alpha value is -0.960. The Bertz CT molecular complexity index is 437. The molecule has 1 aromatic rings. The van der Waals surface area contributed by atoms with Crippen molar-refractivity contribution in [3.8, 4) is 0 Å². The molecule has 0 aromatic heterocycles. The van der Waals surface area contributed by atoms with Gasteiger partial charge < -0.3 is 5.32 Å². The van der Waals surface area contributed by atoms with E-state index >= 15 is 0 Å². The third kappa shape index (κ3) is 4.02. The van der Waals surface area contributed by atoms with Crippen molar-refractivity contribution in [3.05, 3.63) is 35.4 Å². The van der Waals surface area contributed by atoms with Gasteiger partial charge in [-0.25, -0.2) is 8.78 Å². The molecular formula is C17H25F2N. The second kappa shape index (κ2) is 6.66. The summed E-state index contributed by atoms with van der Waals surface area (Å²) in [6.07, 6.45) is 5.24. The lowest BCUT2D eigenvalue weighted by Gasteiger charge is -2.30. The summed E-state index contributed by atoms with van der Waals surface area (Å²) < 4.78 is 27.2. The maximum absolute atomic E-state index is 13.9. The predicted molar refractivity (Wildman–Crippen MR) is 78.7 cm³/mol. The molecule has 0 spiro atoms. The van der Waals surface area contributed by atoms with Crippen LogP contribution >= 0.6 is 0 Å². The normalized spacial score (nSPS) is 17.9. The van der Waals surface area contributed by atoms with E-state index in [1.165, 1.54) is 31.0 Å². The minimum absolute atomic E-state index is 0.101. The molecule has 0 radical (unpaired) electrons. The number of rotatable bonds is 6. The lowest BCUT2D eigenvalue weighted by Crippen LogP contribution is -2.36. The van der Waals surface area contributed by atoms with Gasteiger partial charge in [-0.15, -0.1) is 0 Å². The summed E-state index contributed by atoms with van der Waals surface area (Å²) >= 11 is 0. The first-order chi connectivity index (χ1) is 9.51. The van der Waals surface area contributed by atoms with E-state index in [9.17, 15) is 8.78 Å². The fraction of sp³-hybridized carbons (Fsp3) is 0.647. The fourth-order valence-corrected chi connectivity index (χ4v) is 3.25. The van der Waals surface area contributed by atoms with E-state index in [-0.39, 0.29) is 17.0 Å². The van der Waals surface area contributed by atoms with Crippen LogP contribution in [0.1, 0.15) is 45.1 Å². The Kier molecular flexibility index (Phi) is 5.14. The Morgan fingerprint density at radius 1 is 1.20 bits per heavy atom. The Balaban J connectivity index is 2.06. The van der Waals surface area contributed by atoms with Crippen molar-refractivity contribution < 1.29 is 8.78 Å². The molecule has 0 saturated heterocycles. The van der Waals surface area contributed by atoms with Gasteiger partial charge in [0.05, 0.1) is 0 Å². The molecule has 0 aliphatic heterocycles. The monoisotopic (exact) mass is 281 g/mol. The SMILES string of the molecule is CC(C)CNCC1(Cc2cc(F)ccc2F)CCCC1. The number of hydrogen-bond donors (Lipinski definition) is 1. The van der Waals surface area contributed by atoms with E-state index < -0.39 is 0 Å². The van der Waals surface area contributed by atoms with E-state index in [2.05, 4.69) is 19.2 Å². The Labute approximate surface area is 120 Å². The maximum Gasteiger partial charge on any atom is 0.126 e. The van der Waals surface area contributed by atoms with Crippen molar-refractivity contribution in [1.29, 1.82) is 0 Å². The van der Waals surface area contributed by atoms with Gasteiger partial charge >= 0.3 is 0 Å². The molecule has 1 nitrogen and oxygen atoms in total. The van der Waals surface area contributed by atoms with Crippen LogP contribution in [-0.2, 0) is 6.42 Å². The minimum atomic E-state index is -0.343. The Morgan fingerprint density at radius 3 is 2.55 bits per heavy atom. The first kappa shape index (κ1) is 15.4. The molecule has 2 rings (SSSR count). The van der Waals surface area contributed by atoms with Crippen molar-refractivity contribution in [2.75, 3.05) is 13.1 Å². The van der Waals surface area contributed by atoms with Crippen LogP contribution in [0.25, 0.3) is 0 Å². The zero-order valence-corrected chi connectivity index (χ0v) is 12.5. The summed E-state index contributed by atoms with van der Waals surface area (Å²) in [7, 11) is 0. The number of benzene rings is 1. The van der Waals surface area contributed by atoms with Crippen molar-refractivity contribution in [2.24, 2.45) is 11.3 Å². The highest BCUT2D eigenvalue weighted by molar-refractivity contribution is 5.21. The zero-order chi connectivity index (χ0) is 14.6. The number of hydrogen-bond acceptors (Lipinski definition) is 1. The third-order valence-electron chi connectivity index (χ3n) is 4.29. The van der Waals surface area contributed by atoms with Crippen LogP contribution in [0, 0.1) is 23.0 Å². The van der Waals surface area contributed by atoms with Crippen molar-refractivity contribution >= 4 is 0 Å². The largest absolute Gasteiger partial charge is 0.316 e. The third-order valence-corrected chi connectivity index (χ3v) is 4.29. The minimum Gasteiger partial charge on any atom is -0.316 e. The van der Waals surface area contributed by atoms with Crippen LogP contribution in [0.3, 0.4) is 0 Å². The van der Waals surface area contributed by atoms with Crippen LogP contribution in [0.2, 0.25) is 0 Å². The summed E-state index contributed by atoms with van der Waals surface area (Å²) in [4.78, 5) is 0. The zero-order valence-electron chi connectivity index (χ0n) is 12.5. The molecule has 1 aliphatic carbocycles. The second-order valence-corrected chi connectivity index (χ2v) is 6.64. The van der Waals surface area contributed by atoms with Crippen molar-refractivity contribution in [1.82, 2.24) is 5.32 Å². The van der Waals surface area contributed by atoms with Gasteiger partial charge in [0.2, 0.25) is 0 Å². The van der Waals surface area contributed by atoms with Gasteiger partial charge in [0.1, 0.15) is 11.6 Å². The molecule has 0 unspecified atom stereocenters. The fourth-order valence-electron chi connectivity index (χ4n) is 3.25. The van der Waals surface area contributed by atoms with Gasteiger partial charge in [-0.3, -0.25) is 0 Å². The quantitative estimate of drug-likeness (QED) is 0.819. The highest BCUT2D eigenvalue weighted by Crippen LogP contribution is 2.41. The lowest BCUT2D eigenvalue weighted by atomic mass is 9.79. The summed E-state index contributed by atoms with van der Waals surface area (Å²) in [6.45, 7) is 6.25. The molecule has 1 saturated carbocycles. The highest BCUT2D eigenvalue weighted by atomic mass is 19.1. The van der Waals surface area contributed by atoms with Gasteiger partial charge in [0, 0.05) is 6.54 Å². The molecule has 20 heavy (non-hydrogen) atoms. The smallest absolute Gasteiger partial charge is 0.126 e. The average Bonchev–Trinajstić information content (AvgIpc) is 2.82. The summed E-state index contributed by atoms with van der Waals surface area (Å²) in [5.74, 6) is -0.00872. The van der Waals surface area contributed by atoms with Crippen LogP contribution < -0.4 is 5.32 Å². The molecule has 0 heterocycles. The molecule has 112 valence electrons. The first-order valence-electron chi connectivity index (χ1n) is 7.65. The van der Waals surface area contributed by atoms with E-state index in [4.69, 9.17) is 0 Å². The first-order valence-corrected chi connectivity index (χ1v) is 7.65. The van der Waals surface area contributed by atoms with Gasteiger partial charge in [-0.1, -0.05) is 26.7 Å². The molecule has 1 fully saturated rings. The van der Waals surface area contributed by atoms with Crippen LogP contribution in [0.15, 0.2) is 18.2 Å². The molecule has 3 heteroatoms.